The molecule has 25 heavy (non-hydrogen) atoms. The Hall–Kier alpha value is -2.40. The van der Waals surface area contributed by atoms with Crippen LogP contribution in [0.4, 0.5) is 4.39 Å². The van der Waals surface area contributed by atoms with E-state index in [0.29, 0.717) is 5.92 Å². The fraction of sp³-hybridized carbons (Fsp3) is 0.350. The van der Waals surface area contributed by atoms with Crippen molar-refractivity contribution < 1.29 is 13.9 Å². The van der Waals surface area contributed by atoms with Crippen molar-refractivity contribution >= 4 is 5.91 Å². The molecule has 0 saturated carbocycles. The quantitative estimate of drug-likeness (QED) is 0.813. The van der Waals surface area contributed by atoms with Crippen molar-refractivity contribution in [3.63, 3.8) is 0 Å². The van der Waals surface area contributed by atoms with E-state index in [9.17, 15) is 9.18 Å². The average molecular weight is 342 g/mol. The molecule has 1 heterocycles. The number of carbonyl (C=O) groups is 1. The van der Waals surface area contributed by atoms with Crippen LogP contribution in [0.5, 0.6) is 5.75 Å². The third kappa shape index (κ3) is 4.37. The lowest BCUT2D eigenvalue weighted by Crippen LogP contribution is -2.50. The zero-order valence-electron chi connectivity index (χ0n) is 14.2. The maximum atomic E-state index is 13.8. The Kier molecular flexibility index (Phi) is 5.66. The van der Waals surface area contributed by atoms with Gasteiger partial charge in [-0.3, -0.25) is 4.79 Å². The molecule has 2 N–H and O–H groups in total. The summed E-state index contributed by atoms with van der Waals surface area (Å²) in [5.74, 6) is 0.0748. The van der Waals surface area contributed by atoms with Gasteiger partial charge in [-0.05, 0) is 36.7 Å². The lowest BCUT2D eigenvalue weighted by molar-refractivity contribution is -0.127. The Bertz CT molecular complexity index is 704. The van der Waals surface area contributed by atoms with Crippen molar-refractivity contribution in [2.24, 2.45) is 11.8 Å². The molecule has 0 aromatic heterocycles. The van der Waals surface area contributed by atoms with E-state index >= 15 is 0 Å². The summed E-state index contributed by atoms with van der Waals surface area (Å²) in [5, 5.41) is 6.25. The molecule has 0 bridgehead atoms. The number of hydrogen-bond donors (Lipinski definition) is 2. The first-order valence-corrected chi connectivity index (χ1v) is 8.58. The van der Waals surface area contributed by atoms with Crippen LogP contribution in [0.25, 0.3) is 0 Å². The summed E-state index contributed by atoms with van der Waals surface area (Å²) in [6.45, 7) is 3.86. The van der Waals surface area contributed by atoms with Gasteiger partial charge in [-0.15, -0.1) is 0 Å². The molecule has 2 aromatic rings. The second kappa shape index (κ2) is 8.12. The highest BCUT2D eigenvalue weighted by atomic mass is 19.1. The highest BCUT2D eigenvalue weighted by molar-refractivity contribution is 5.79. The summed E-state index contributed by atoms with van der Waals surface area (Å²) in [7, 11) is 0. The summed E-state index contributed by atoms with van der Waals surface area (Å²) in [6, 6.07) is 15.6. The van der Waals surface area contributed by atoms with Gasteiger partial charge in [0, 0.05) is 5.92 Å². The molecule has 132 valence electrons. The van der Waals surface area contributed by atoms with Gasteiger partial charge in [0.05, 0.1) is 6.04 Å². The van der Waals surface area contributed by atoms with E-state index in [0.717, 1.165) is 18.7 Å². The summed E-state index contributed by atoms with van der Waals surface area (Å²) < 4.78 is 19.4. The van der Waals surface area contributed by atoms with E-state index in [1.807, 2.05) is 37.3 Å². The molecule has 2 unspecified atom stereocenters. The minimum Gasteiger partial charge on any atom is -0.488 e. The number of ether oxygens (including phenoxy) is 1. The van der Waals surface area contributed by atoms with Gasteiger partial charge in [0.1, 0.15) is 6.61 Å². The Labute approximate surface area is 147 Å². The Morgan fingerprint density at radius 3 is 2.52 bits per heavy atom. The first kappa shape index (κ1) is 17.4. The van der Waals surface area contributed by atoms with Crippen LogP contribution < -0.4 is 15.4 Å². The van der Waals surface area contributed by atoms with Gasteiger partial charge in [-0.2, -0.15) is 0 Å². The molecule has 0 aliphatic carbocycles. The van der Waals surface area contributed by atoms with Crippen molar-refractivity contribution in [1.29, 1.82) is 0 Å². The molecule has 1 fully saturated rings. The first-order chi connectivity index (χ1) is 12.1. The number of hydrogen-bond acceptors (Lipinski definition) is 3. The van der Waals surface area contributed by atoms with E-state index in [1.165, 1.54) is 6.07 Å². The van der Waals surface area contributed by atoms with Gasteiger partial charge in [-0.1, -0.05) is 49.4 Å². The maximum absolute atomic E-state index is 13.8. The molecule has 1 aliphatic heterocycles. The predicted molar refractivity (Wildman–Crippen MR) is 94.7 cm³/mol. The molecule has 3 rings (SSSR count). The van der Waals surface area contributed by atoms with Crippen LogP contribution in [0.15, 0.2) is 54.6 Å². The molecular weight excluding hydrogens is 319 g/mol. The number of halogens is 1. The Balaban J connectivity index is 1.69. The molecule has 5 heteroatoms. The zero-order valence-corrected chi connectivity index (χ0v) is 14.2. The number of amides is 1. The first-order valence-electron chi connectivity index (χ1n) is 8.58. The third-order valence-electron chi connectivity index (χ3n) is 4.69. The molecule has 1 amide bonds. The van der Waals surface area contributed by atoms with Crippen LogP contribution in [0.1, 0.15) is 18.5 Å². The second-order valence-corrected chi connectivity index (χ2v) is 6.42. The largest absolute Gasteiger partial charge is 0.488 e. The average Bonchev–Trinajstić information content (AvgIpc) is 2.59. The predicted octanol–water partition coefficient (Wildman–Crippen LogP) is 2.92. The van der Waals surface area contributed by atoms with Crippen molar-refractivity contribution in [2.75, 3.05) is 19.7 Å². The standard InChI is InChI=1S/C20H23FN2O2/c1-14(16-11-22-12-16)20(24)23-18(15-7-3-2-4-8-15)13-25-19-10-6-5-9-17(19)21/h2-10,14,16,18,22H,11-13H2,1H3,(H,23,24). The van der Waals surface area contributed by atoms with Crippen LogP contribution in [-0.4, -0.2) is 25.6 Å². The normalized spacial score (nSPS) is 16.6. The third-order valence-corrected chi connectivity index (χ3v) is 4.69. The topological polar surface area (TPSA) is 50.4 Å². The van der Waals surface area contributed by atoms with Gasteiger partial charge in [-0.25, -0.2) is 4.39 Å². The smallest absolute Gasteiger partial charge is 0.223 e. The summed E-state index contributed by atoms with van der Waals surface area (Å²) in [5.41, 5.74) is 0.936. The van der Waals surface area contributed by atoms with Gasteiger partial charge < -0.3 is 15.4 Å². The number of carbonyl (C=O) groups excluding carboxylic acids is 1. The molecular formula is C20H23FN2O2. The minimum absolute atomic E-state index is 0.00233. The zero-order chi connectivity index (χ0) is 17.6. The minimum atomic E-state index is -0.408. The van der Waals surface area contributed by atoms with E-state index in [4.69, 9.17) is 4.74 Å². The molecule has 2 aromatic carbocycles. The summed E-state index contributed by atoms with van der Waals surface area (Å²) in [4.78, 5) is 12.6. The highest BCUT2D eigenvalue weighted by Crippen LogP contribution is 2.21. The fourth-order valence-electron chi connectivity index (χ4n) is 2.82. The van der Waals surface area contributed by atoms with Crippen molar-refractivity contribution in [3.8, 4) is 5.75 Å². The number of para-hydroxylation sites is 1. The molecule has 4 nitrogen and oxygen atoms in total. The second-order valence-electron chi connectivity index (χ2n) is 6.42. The Morgan fingerprint density at radius 2 is 1.88 bits per heavy atom. The molecule has 1 aliphatic rings. The highest BCUT2D eigenvalue weighted by Gasteiger charge is 2.30. The van der Waals surface area contributed by atoms with Gasteiger partial charge in [0.25, 0.3) is 0 Å². The van der Waals surface area contributed by atoms with Crippen molar-refractivity contribution in [1.82, 2.24) is 10.6 Å². The van der Waals surface area contributed by atoms with Crippen LogP contribution in [-0.2, 0) is 4.79 Å². The lowest BCUT2D eigenvalue weighted by atomic mass is 9.88. The molecule has 1 saturated heterocycles. The maximum Gasteiger partial charge on any atom is 0.223 e. The van der Waals surface area contributed by atoms with Crippen LogP contribution >= 0.6 is 0 Å². The summed E-state index contributed by atoms with van der Waals surface area (Å²) in [6.07, 6.45) is 0. The van der Waals surface area contributed by atoms with Crippen LogP contribution in [0.2, 0.25) is 0 Å². The van der Waals surface area contributed by atoms with E-state index in [2.05, 4.69) is 10.6 Å². The lowest BCUT2D eigenvalue weighted by Gasteiger charge is -2.32. The van der Waals surface area contributed by atoms with Gasteiger partial charge >= 0.3 is 0 Å². The number of nitrogens with one attached hydrogen (secondary N) is 2. The molecule has 0 spiro atoms. The van der Waals surface area contributed by atoms with E-state index < -0.39 is 5.82 Å². The van der Waals surface area contributed by atoms with Gasteiger partial charge in [0.2, 0.25) is 5.91 Å². The summed E-state index contributed by atoms with van der Waals surface area (Å²) >= 11 is 0. The van der Waals surface area contributed by atoms with E-state index in [-0.39, 0.29) is 30.2 Å². The number of rotatable bonds is 7. The SMILES string of the molecule is CC(C(=O)NC(COc1ccccc1F)c1ccccc1)C1CNC1. The number of benzene rings is 2. The monoisotopic (exact) mass is 342 g/mol. The van der Waals surface area contributed by atoms with E-state index in [1.54, 1.807) is 18.2 Å². The van der Waals surface area contributed by atoms with Crippen molar-refractivity contribution in [3.05, 3.63) is 66.0 Å². The van der Waals surface area contributed by atoms with Crippen molar-refractivity contribution in [2.45, 2.75) is 13.0 Å². The Morgan fingerprint density at radius 1 is 1.20 bits per heavy atom. The molecule has 2 atom stereocenters. The van der Waals surface area contributed by atoms with Crippen LogP contribution in [0.3, 0.4) is 0 Å². The molecule has 0 radical (unpaired) electrons. The van der Waals surface area contributed by atoms with Gasteiger partial charge in [0.15, 0.2) is 11.6 Å². The fourth-order valence-corrected chi connectivity index (χ4v) is 2.82. The van der Waals surface area contributed by atoms with Crippen LogP contribution in [0, 0.1) is 17.7 Å².